The summed E-state index contributed by atoms with van der Waals surface area (Å²) in [6, 6.07) is 5.25. The summed E-state index contributed by atoms with van der Waals surface area (Å²) in [5.74, 6) is 0.607. The molecule has 0 bridgehead atoms. The van der Waals surface area contributed by atoms with Gasteiger partial charge in [0.25, 0.3) is 5.91 Å². The van der Waals surface area contributed by atoms with Crippen LogP contribution in [-0.4, -0.2) is 25.1 Å². The molecular formula is C13H18BrClN2O2. The van der Waals surface area contributed by atoms with Crippen LogP contribution in [0.4, 0.5) is 0 Å². The first kappa shape index (κ1) is 16.3. The van der Waals surface area contributed by atoms with Gasteiger partial charge in [0.15, 0.2) is 0 Å². The van der Waals surface area contributed by atoms with Crippen LogP contribution in [0.3, 0.4) is 0 Å². The van der Waals surface area contributed by atoms with Gasteiger partial charge in [-0.2, -0.15) is 0 Å². The molecule has 0 aromatic heterocycles. The van der Waals surface area contributed by atoms with Crippen molar-refractivity contribution in [2.24, 2.45) is 5.73 Å². The lowest BCUT2D eigenvalue weighted by molar-refractivity contribution is 0.0929. The minimum absolute atomic E-state index is 0. The number of nitrogens with one attached hydrogen (secondary N) is 1. The van der Waals surface area contributed by atoms with E-state index in [9.17, 15) is 4.79 Å². The quantitative estimate of drug-likeness (QED) is 0.878. The van der Waals surface area contributed by atoms with Crippen LogP contribution in [0.15, 0.2) is 22.7 Å². The Morgan fingerprint density at radius 3 is 2.68 bits per heavy atom. The van der Waals surface area contributed by atoms with Crippen molar-refractivity contribution in [3.63, 3.8) is 0 Å². The number of carbonyl (C=O) groups excluding carboxylic acids is 1. The lowest BCUT2D eigenvalue weighted by atomic mass is 9.78. The van der Waals surface area contributed by atoms with Crippen molar-refractivity contribution in [2.45, 2.75) is 24.8 Å². The van der Waals surface area contributed by atoms with Gasteiger partial charge in [0.05, 0.1) is 11.6 Å². The molecule has 4 nitrogen and oxygen atoms in total. The molecule has 1 aromatic rings. The van der Waals surface area contributed by atoms with Crippen molar-refractivity contribution in [3.05, 3.63) is 28.2 Å². The van der Waals surface area contributed by atoms with Crippen molar-refractivity contribution in [2.75, 3.05) is 13.7 Å². The van der Waals surface area contributed by atoms with Gasteiger partial charge < -0.3 is 15.8 Å². The van der Waals surface area contributed by atoms with Crippen LogP contribution in [0.5, 0.6) is 5.75 Å². The van der Waals surface area contributed by atoms with Crippen LogP contribution < -0.4 is 15.8 Å². The van der Waals surface area contributed by atoms with E-state index in [-0.39, 0.29) is 23.9 Å². The normalized spacial score (nSPS) is 15.9. The van der Waals surface area contributed by atoms with E-state index in [4.69, 9.17) is 10.5 Å². The average molecular weight is 350 g/mol. The van der Waals surface area contributed by atoms with E-state index < -0.39 is 0 Å². The van der Waals surface area contributed by atoms with Gasteiger partial charge in [0.2, 0.25) is 0 Å². The van der Waals surface area contributed by atoms with Crippen LogP contribution >= 0.6 is 28.3 Å². The van der Waals surface area contributed by atoms with Gasteiger partial charge in [-0.15, -0.1) is 12.4 Å². The fourth-order valence-electron chi connectivity index (χ4n) is 1.97. The maximum Gasteiger partial charge on any atom is 0.251 e. The molecule has 0 unspecified atom stereocenters. The molecule has 0 radical (unpaired) electrons. The highest BCUT2D eigenvalue weighted by molar-refractivity contribution is 9.10. The second-order valence-electron chi connectivity index (χ2n) is 4.75. The fourth-order valence-corrected chi connectivity index (χ4v) is 2.51. The Labute approximate surface area is 127 Å². The maximum absolute atomic E-state index is 12.0. The number of nitrogens with two attached hydrogens (primary N) is 1. The summed E-state index contributed by atoms with van der Waals surface area (Å²) in [6.45, 7) is 0.537. The summed E-state index contributed by atoms with van der Waals surface area (Å²) in [5.41, 5.74) is 6.47. The summed E-state index contributed by atoms with van der Waals surface area (Å²) in [7, 11) is 1.59. The molecular weight excluding hydrogens is 332 g/mol. The Morgan fingerprint density at radius 1 is 1.53 bits per heavy atom. The van der Waals surface area contributed by atoms with Crippen LogP contribution in [0.1, 0.15) is 29.6 Å². The first-order valence-corrected chi connectivity index (χ1v) is 6.74. The molecule has 19 heavy (non-hydrogen) atoms. The van der Waals surface area contributed by atoms with Crippen LogP contribution in [0, 0.1) is 0 Å². The van der Waals surface area contributed by atoms with Crippen molar-refractivity contribution in [3.8, 4) is 5.75 Å². The van der Waals surface area contributed by atoms with Gasteiger partial charge in [-0.05, 0) is 53.4 Å². The first-order valence-electron chi connectivity index (χ1n) is 5.95. The molecule has 0 spiro atoms. The maximum atomic E-state index is 12.0. The van der Waals surface area contributed by atoms with E-state index in [1.807, 2.05) is 0 Å². The third kappa shape index (κ3) is 3.84. The van der Waals surface area contributed by atoms with Gasteiger partial charge in [-0.3, -0.25) is 4.79 Å². The highest BCUT2D eigenvalue weighted by atomic mass is 79.9. The Balaban J connectivity index is 0.00000180. The number of amides is 1. The van der Waals surface area contributed by atoms with E-state index >= 15 is 0 Å². The topological polar surface area (TPSA) is 64.3 Å². The number of rotatable bonds is 4. The number of benzene rings is 1. The largest absolute Gasteiger partial charge is 0.496 e. The van der Waals surface area contributed by atoms with Gasteiger partial charge in [0, 0.05) is 17.6 Å². The lowest BCUT2D eigenvalue weighted by Crippen LogP contribution is -2.54. The van der Waals surface area contributed by atoms with Gasteiger partial charge in [-0.1, -0.05) is 0 Å². The molecule has 1 amide bonds. The van der Waals surface area contributed by atoms with E-state index in [0.29, 0.717) is 17.9 Å². The zero-order valence-electron chi connectivity index (χ0n) is 10.7. The van der Waals surface area contributed by atoms with Crippen LogP contribution in [-0.2, 0) is 0 Å². The van der Waals surface area contributed by atoms with Gasteiger partial charge in [-0.25, -0.2) is 0 Å². The van der Waals surface area contributed by atoms with Crippen molar-refractivity contribution in [1.82, 2.24) is 5.32 Å². The predicted octanol–water partition coefficient (Wildman–Crippen LogP) is 2.49. The number of hydrogen-bond donors (Lipinski definition) is 2. The molecule has 0 atom stereocenters. The van der Waals surface area contributed by atoms with Gasteiger partial charge >= 0.3 is 0 Å². The molecule has 1 saturated carbocycles. The third-order valence-corrected chi connectivity index (χ3v) is 3.98. The highest BCUT2D eigenvalue weighted by Gasteiger charge is 2.32. The lowest BCUT2D eigenvalue weighted by Gasteiger charge is -2.38. The summed E-state index contributed by atoms with van der Waals surface area (Å²) in [4.78, 5) is 12.0. The molecule has 2 rings (SSSR count). The number of hydrogen-bond acceptors (Lipinski definition) is 3. The zero-order chi connectivity index (χ0) is 13.2. The van der Waals surface area contributed by atoms with Crippen LogP contribution in [0.25, 0.3) is 0 Å². The summed E-state index contributed by atoms with van der Waals surface area (Å²) >= 11 is 3.36. The molecule has 1 aliphatic carbocycles. The summed E-state index contributed by atoms with van der Waals surface area (Å²) in [5, 5.41) is 2.88. The van der Waals surface area contributed by atoms with E-state index in [1.54, 1.807) is 25.3 Å². The molecule has 6 heteroatoms. The fraction of sp³-hybridized carbons (Fsp3) is 0.462. The van der Waals surface area contributed by atoms with E-state index in [0.717, 1.165) is 23.7 Å². The third-order valence-electron chi connectivity index (χ3n) is 3.36. The number of ether oxygens (including phenoxy) is 1. The monoisotopic (exact) mass is 348 g/mol. The summed E-state index contributed by atoms with van der Waals surface area (Å²) < 4.78 is 5.89. The second kappa shape index (κ2) is 6.59. The first-order chi connectivity index (χ1) is 8.54. The standard InChI is InChI=1S/C13H17BrN2O2.ClH/c1-18-11-4-3-9(7-10(11)14)12(17)16-8-13(15)5-2-6-13;/h3-4,7H,2,5-6,8,15H2,1H3,(H,16,17);1H. The van der Waals surface area contributed by atoms with Crippen molar-refractivity contribution in [1.29, 1.82) is 0 Å². The SMILES string of the molecule is COc1ccc(C(=O)NCC2(N)CCC2)cc1Br.Cl. The van der Waals surface area contributed by atoms with Crippen molar-refractivity contribution >= 4 is 34.2 Å². The molecule has 1 aliphatic rings. The zero-order valence-corrected chi connectivity index (χ0v) is 13.1. The number of halogens is 2. The van der Waals surface area contributed by atoms with Crippen molar-refractivity contribution < 1.29 is 9.53 Å². The smallest absolute Gasteiger partial charge is 0.251 e. The molecule has 106 valence electrons. The van der Waals surface area contributed by atoms with Crippen LogP contribution in [0.2, 0.25) is 0 Å². The Morgan fingerprint density at radius 2 is 2.21 bits per heavy atom. The Kier molecular flexibility index (Phi) is 5.64. The number of carbonyl (C=O) groups is 1. The molecule has 0 saturated heterocycles. The number of methoxy groups -OCH3 is 1. The second-order valence-corrected chi connectivity index (χ2v) is 5.60. The molecule has 3 N–H and O–H groups in total. The Hall–Kier alpha value is -0.780. The minimum atomic E-state index is -0.195. The van der Waals surface area contributed by atoms with Gasteiger partial charge in [0.1, 0.15) is 5.75 Å². The molecule has 0 aliphatic heterocycles. The molecule has 1 aromatic carbocycles. The summed E-state index contributed by atoms with van der Waals surface area (Å²) in [6.07, 6.45) is 3.12. The Bertz CT molecular complexity index is 464. The molecule has 1 fully saturated rings. The highest BCUT2D eigenvalue weighted by Crippen LogP contribution is 2.28. The van der Waals surface area contributed by atoms with E-state index in [1.165, 1.54) is 0 Å². The molecule has 0 heterocycles. The minimum Gasteiger partial charge on any atom is -0.496 e. The predicted molar refractivity (Wildman–Crippen MR) is 81.0 cm³/mol. The van der Waals surface area contributed by atoms with E-state index in [2.05, 4.69) is 21.2 Å². The average Bonchev–Trinajstić information content (AvgIpc) is 2.33.